The van der Waals surface area contributed by atoms with E-state index in [2.05, 4.69) is 0 Å². The van der Waals surface area contributed by atoms with Crippen LogP contribution in [-0.2, 0) is 14.3 Å². The number of nitro benzene ring substituents is 1. The van der Waals surface area contributed by atoms with Crippen LogP contribution < -0.4 is 4.90 Å². The Morgan fingerprint density at radius 2 is 2.09 bits per heavy atom. The third-order valence-electron chi connectivity index (χ3n) is 4.70. The van der Waals surface area contributed by atoms with Gasteiger partial charge in [0.05, 0.1) is 28.5 Å². The Morgan fingerprint density at radius 1 is 1.35 bits per heavy atom. The highest BCUT2D eigenvalue weighted by molar-refractivity contribution is 6.31. The van der Waals surface area contributed by atoms with Gasteiger partial charge in [-0.3, -0.25) is 19.7 Å². The van der Waals surface area contributed by atoms with Gasteiger partial charge in [-0.15, -0.1) is 0 Å². The lowest BCUT2D eigenvalue weighted by Crippen LogP contribution is -2.38. The Hall–Kier alpha value is -2.25. The van der Waals surface area contributed by atoms with Gasteiger partial charge in [0.1, 0.15) is 5.69 Å². The molecule has 3 aliphatic rings. The molecular weight excluding hydrogens is 324 g/mol. The number of carbonyl (C=O) groups excluding carboxylic acids is 2. The molecule has 3 heterocycles. The molecule has 0 unspecified atom stereocenters. The van der Waals surface area contributed by atoms with Crippen molar-refractivity contribution in [3.8, 4) is 0 Å². The van der Waals surface area contributed by atoms with Crippen molar-refractivity contribution in [1.82, 2.24) is 0 Å². The number of rotatable bonds is 2. The lowest BCUT2D eigenvalue weighted by Gasteiger charge is -2.24. The highest BCUT2D eigenvalue weighted by Crippen LogP contribution is 2.53. The molecule has 2 amide bonds. The van der Waals surface area contributed by atoms with Crippen LogP contribution in [-0.4, -0.2) is 28.4 Å². The normalized spacial score (nSPS) is 34.3. The quantitative estimate of drug-likeness (QED) is 0.357. The number of ether oxygens (including phenoxy) is 1. The Labute approximate surface area is 135 Å². The lowest BCUT2D eigenvalue weighted by molar-refractivity contribution is -0.384. The van der Waals surface area contributed by atoms with Crippen molar-refractivity contribution in [2.24, 2.45) is 11.8 Å². The zero-order chi connectivity index (χ0) is 16.5. The zero-order valence-electron chi connectivity index (χ0n) is 11.9. The maximum atomic E-state index is 12.8. The topological polar surface area (TPSA) is 89.8 Å². The van der Waals surface area contributed by atoms with E-state index in [0.29, 0.717) is 0 Å². The molecule has 8 heteroatoms. The SMILES string of the molecule is C[C@@]12C=C[C@@H](O1)[C@@H]1C(=O)N(c3ccc(Cl)cc3[N+](=O)[O-])C(=O)[C@@H]12. The van der Waals surface area contributed by atoms with E-state index >= 15 is 0 Å². The first-order chi connectivity index (χ1) is 10.8. The van der Waals surface area contributed by atoms with Crippen LogP contribution in [0.2, 0.25) is 5.02 Å². The van der Waals surface area contributed by atoms with Gasteiger partial charge in [0.25, 0.3) is 5.69 Å². The molecule has 0 aromatic heterocycles. The fraction of sp³-hybridized carbons (Fsp3) is 0.333. The van der Waals surface area contributed by atoms with E-state index in [4.69, 9.17) is 16.3 Å². The van der Waals surface area contributed by atoms with Crippen LogP contribution in [0.5, 0.6) is 0 Å². The average Bonchev–Trinajstić information content (AvgIpc) is 3.09. The van der Waals surface area contributed by atoms with Crippen LogP contribution in [0.4, 0.5) is 11.4 Å². The molecule has 0 N–H and O–H groups in total. The van der Waals surface area contributed by atoms with E-state index in [0.717, 1.165) is 11.0 Å². The minimum atomic E-state index is -0.835. The van der Waals surface area contributed by atoms with Gasteiger partial charge in [-0.1, -0.05) is 23.8 Å². The predicted molar refractivity (Wildman–Crippen MR) is 80.0 cm³/mol. The van der Waals surface area contributed by atoms with Crippen molar-refractivity contribution in [3.63, 3.8) is 0 Å². The van der Waals surface area contributed by atoms with Crippen LogP contribution >= 0.6 is 11.6 Å². The number of amides is 2. The predicted octanol–water partition coefficient (Wildman–Crippen LogP) is 2.08. The maximum absolute atomic E-state index is 12.8. The molecule has 0 aliphatic carbocycles. The van der Waals surface area contributed by atoms with E-state index in [-0.39, 0.29) is 16.4 Å². The van der Waals surface area contributed by atoms with Crippen molar-refractivity contribution in [1.29, 1.82) is 0 Å². The first-order valence-corrected chi connectivity index (χ1v) is 7.40. The molecule has 118 valence electrons. The van der Waals surface area contributed by atoms with Crippen molar-refractivity contribution < 1.29 is 19.2 Å². The molecule has 0 saturated carbocycles. The third-order valence-corrected chi connectivity index (χ3v) is 4.94. The second kappa shape index (κ2) is 4.39. The second-order valence-electron chi connectivity index (χ2n) is 6.03. The molecule has 2 saturated heterocycles. The fourth-order valence-corrected chi connectivity index (χ4v) is 3.89. The third kappa shape index (κ3) is 1.74. The molecule has 2 bridgehead atoms. The number of imide groups is 1. The number of nitrogens with zero attached hydrogens (tertiary/aromatic N) is 2. The zero-order valence-corrected chi connectivity index (χ0v) is 12.7. The van der Waals surface area contributed by atoms with Gasteiger partial charge in [0.15, 0.2) is 0 Å². The fourth-order valence-electron chi connectivity index (χ4n) is 3.72. The maximum Gasteiger partial charge on any atom is 0.294 e. The van der Waals surface area contributed by atoms with Gasteiger partial charge in [-0.2, -0.15) is 0 Å². The van der Waals surface area contributed by atoms with Crippen molar-refractivity contribution in [2.75, 3.05) is 4.90 Å². The summed E-state index contributed by atoms with van der Waals surface area (Å²) in [6, 6.07) is 3.88. The molecule has 3 aliphatic heterocycles. The largest absolute Gasteiger partial charge is 0.362 e. The molecule has 2 fully saturated rings. The Morgan fingerprint density at radius 3 is 2.74 bits per heavy atom. The molecule has 0 radical (unpaired) electrons. The van der Waals surface area contributed by atoms with Crippen LogP contribution in [0, 0.1) is 22.0 Å². The summed E-state index contributed by atoms with van der Waals surface area (Å²) < 4.78 is 5.71. The van der Waals surface area contributed by atoms with Gasteiger partial charge in [0, 0.05) is 11.1 Å². The Kier molecular flexibility index (Phi) is 2.74. The molecule has 1 aromatic rings. The Balaban J connectivity index is 1.83. The summed E-state index contributed by atoms with van der Waals surface area (Å²) in [5.74, 6) is -2.23. The standard InChI is InChI=1S/C15H11ClN2O5/c1-15-5-4-10(23-15)11-12(15)14(20)17(13(11)19)8-3-2-7(16)6-9(8)18(21)22/h2-6,10-12H,1H3/t10-,11+,12-,15+/m1/s1. The van der Waals surface area contributed by atoms with Crippen molar-refractivity contribution in [3.05, 3.63) is 45.5 Å². The summed E-state index contributed by atoms with van der Waals surface area (Å²) >= 11 is 5.79. The molecule has 0 spiro atoms. The molecular formula is C15H11ClN2O5. The van der Waals surface area contributed by atoms with E-state index in [1.807, 2.05) is 0 Å². The van der Waals surface area contributed by atoms with E-state index in [1.54, 1.807) is 19.1 Å². The van der Waals surface area contributed by atoms with E-state index in [1.165, 1.54) is 12.1 Å². The minimum absolute atomic E-state index is 0.0493. The first kappa shape index (κ1) is 14.3. The summed E-state index contributed by atoms with van der Waals surface area (Å²) in [7, 11) is 0. The minimum Gasteiger partial charge on any atom is -0.362 e. The summed E-state index contributed by atoms with van der Waals surface area (Å²) in [5.41, 5.74) is -1.25. The summed E-state index contributed by atoms with van der Waals surface area (Å²) in [5, 5.41) is 11.4. The number of carbonyl (C=O) groups is 2. The van der Waals surface area contributed by atoms with Crippen LogP contribution in [0.3, 0.4) is 0 Å². The number of benzene rings is 1. The number of halogens is 1. The van der Waals surface area contributed by atoms with Crippen LogP contribution in [0.25, 0.3) is 0 Å². The second-order valence-corrected chi connectivity index (χ2v) is 6.47. The van der Waals surface area contributed by atoms with Gasteiger partial charge >= 0.3 is 0 Å². The first-order valence-electron chi connectivity index (χ1n) is 7.02. The number of anilines is 1. The number of nitro groups is 1. The highest BCUT2D eigenvalue weighted by atomic mass is 35.5. The Bertz CT molecular complexity index is 807. The van der Waals surface area contributed by atoms with Crippen LogP contribution in [0.15, 0.2) is 30.4 Å². The van der Waals surface area contributed by atoms with Crippen molar-refractivity contribution >= 4 is 34.8 Å². The van der Waals surface area contributed by atoms with Crippen LogP contribution in [0.1, 0.15) is 6.92 Å². The number of fused-ring (bicyclic) bond motifs is 5. The summed E-state index contributed by atoms with van der Waals surface area (Å²) in [6.45, 7) is 1.75. The monoisotopic (exact) mass is 334 g/mol. The molecule has 7 nitrogen and oxygen atoms in total. The van der Waals surface area contributed by atoms with Gasteiger partial charge < -0.3 is 4.74 Å². The highest BCUT2D eigenvalue weighted by Gasteiger charge is 2.66. The van der Waals surface area contributed by atoms with E-state index in [9.17, 15) is 19.7 Å². The van der Waals surface area contributed by atoms with Gasteiger partial charge in [-0.25, -0.2) is 4.90 Å². The molecule has 23 heavy (non-hydrogen) atoms. The van der Waals surface area contributed by atoms with Gasteiger partial charge in [0.2, 0.25) is 11.8 Å². The number of hydrogen-bond donors (Lipinski definition) is 0. The summed E-state index contributed by atoms with van der Waals surface area (Å²) in [6.07, 6.45) is 3.09. The molecule has 4 atom stereocenters. The molecule has 4 rings (SSSR count). The number of hydrogen-bond acceptors (Lipinski definition) is 5. The van der Waals surface area contributed by atoms with E-state index < -0.39 is 40.3 Å². The van der Waals surface area contributed by atoms with Crippen molar-refractivity contribution in [2.45, 2.75) is 18.6 Å². The van der Waals surface area contributed by atoms with Gasteiger partial charge in [-0.05, 0) is 19.1 Å². The lowest BCUT2D eigenvalue weighted by atomic mass is 9.78. The average molecular weight is 335 g/mol. The smallest absolute Gasteiger partial charge is 0.294 e. The summed E-state index contributed by atoms with van der Waals surface area (Å²) in [4.78, 5) is 37.0. The molecule has 1 aromatic carbocycles.